The summed E-state index contributed by atoms with van der Waals surface area (Å²) in [4.78, 5) is 33.0. The van der Waals surface area contributed by atoms with Gasteiger partial charge in [-0.3, -0.25) is 9.59 Å². The zero-order chi connectivity index (χ0) is 20.3. The van der Waals surface area contributed by atoms with Crippen LogP contribution in [0.15, 0.2) is 47.3 Å². The van der Waals surface area contributed by atoms with Crippen molar-refractivity contribution in [3.8, 4) is 5.75 Å². The molecule has 0 aliphatic rings. The lowest BCUT2D eigenvalue weighted by atomic mass is 10.2. The molecular weight excluding hydrogens is 380 g/mol. The van der Waals surface area contributed by atoms with Crippen molar-refractivity contribution in [1.29, 1.82) is 0 Å². The van der Waals surface area contributed by atoms with Gasteiger partial charge in [-0.25, -0.2) is 4.98 Å². The highest BCUT2D eigenvalue weighted by atomic mass is 35.5. The fraction of sp³-hybridized carbons (Fsp3) is 0.250. The van der Waals surface area contributed by atoms with Gasteiger partial charge in [0.1, 0.15) is 11.8 Å². The Balaban J connectivity index is 1.74. The van der Waals surface area contributed by atoms with Crippen molar-refractivity contribution >= 4 is 34.1 Å². The van der Waals surface area contributed by atoms with E-state index >= 15 is 0 Å². The van der Waals surface area contributed by atoms with Gasteiger partial charge in [0.2, 0.25) is 0 Å². The Morgan fingerprint density at radius 2 is 2.07 bits per heavy atom. The van der Waals surface area contributed by atoms with Crippen molar-refractivity contribution in [3.05, 3.63) is 63.7 Å². The Morgan fingerprint density at radius 3 is 2.82 bits per heavy atom. The van der Waals surface area contributed by atoms with E-state index in [0.717, 1.165) is 4.90 Å². The minimum atomic E-state index is -0.201. The summed E-state index contributed by atoms with van der Waals surface area (Å²) in [6.07, 6.45) is 0. The van der Waals surface area contributed by atoms with Crippen molar-refractivity contribution < 1.29 is 14.4 Å². The monoisotopic (exact) mass is 401 g/mol. The smallest absolute Gasteiger partial charge is 0.279 e. The fourth-order valence-corrected chi connectivity index (χ4v) is 3.09. The molecule has 0 saturated carbocycles. The number of rotatable bonds is 6. The minimum absolute atomic E-state index is 0.174. The third kappa shape index (κ3) is 4.32. The number of nitrogens with zero attached hydrogens (tertiary/aromatic N) is 1. The summed E-state index contributed by atoms with van der Waals surface area (Å²) in [5.74, 6) is 0.867. The van der Waals surface area contributed by atoms with Crippen LogP contribution in [0.2, 0.25) is 5.02 Å². The van der Waals surface area contributed by atoms with Crippen molar-refractivity contribution in [3.63, 3.8) is 0 Å². The van der Waals surface area contributed by atoms with Gasteiger partial charge in [-0.2, -0.15) is 0 Å². The first-order valence-corrected chi connectivity index (χ1v) is 9.21. The fourth-order valence-electron chi connectivity index (χ4n) is 2.92. The molecule has 0 aliphatic heterocycles. The van der Waals surface area contributed by atoms with Gasteiger partial charge in [0.25, 0.3) is 11.5 Å². The highest BCUT2D eigenvalue weighted by Gasteiger charge is 2.22. The lowest BCUT2D eigenvalue weighted by Crippen LogP contribution is -3.10. The summed E-state index contributed by atoms with van der Waals surface area (Å²) in [6.45, 7) is 2.09. The number of para-hydroxylation sites is 1. The number of fused-ring (bicyclic) bond motifs is 1. The third-order valence-corrected chi connectivity index (χ3v) is 4.89. The first-order chi connectivity index (χ1) is 13.4. The number of hydrogen-bond acceptors (Lipinski definition) is 4. The average Bonchev–Trinajstić information content (AvgIpc) is 2.67. The van der Waals surface area contributed by atoms with Crippen LogP contribution < -0.4 is 20.5 Å². The van der Waals surface area contributed by atoms with Crippen LogP contribution in [0.1, 0.15) is 18.8 Å². The lowest BCUT2D eigenvalue weighted by molar-refractivity contribution is -0.902. The molecular formula is C20H22ClN4O3+. The number of likely N-dealkylation sites (N-methyl/N-ethyl adjacent to an activating group) is 1. The van der Waals surface area contributed by atoms with Gasteiger partial charge in [-0.1, -0.05) is 23.7 Å². The summed E-state index contributed by atoms with van der Waals surface area (Å²) in [7, 11) is 3.40. The van der Waals surface area contributed by atoms with E-state index in [0.29, 0.717) is 33.2 Å². The first-order valence-electron chi connectivity index (χ1n) is 8.83. The number of H-pyrrole nitrogens is 1. The van der Waals surface area contributed by atoms with Gasteiger partial charge >= 0.3 is 0 Å². The highest BCUT2D eigenvalue weighted by molar-refractivity contribution is 6.31. The molecule has 0 fully saturated rings. The summed E-state index contributed by atoms with van der Waals surface area (Å²) in [5.41, 5.74) is 0.958. The molecule has 0 radical (unpaired) electrons. The lowest BCUT2D eigenvalue weighted by Gasteiger charge is -2.21. The number of anilines is 1. The normalized spacial score (nSPS) is 13.1. The second kappa shape index (κ2) is 8.41. The van der Waals surface area contributed by atoms with E-state index in [-0.39, 0.29) is 24.1 Å². The number of carbonyl (C=O) groups is 1. The summed E-state index contributed by atoms with van der Waals surface area (Å²) < 4.78 is 5.25. The number of quaternary nitrogens is 1. The molecule has 3 rings (SSSR count). The number of halogens is 1. The van der Waals surface area contributed by atoms with E-state index in [2.05, 4.69) is 15.3 Å². The average molecular weight is 402 g/mol. The molecule has 0 saturated heterocycles. The molecule has 2 aromatic carbocycles. The van der Waals surface area contributed by atoms with Gasteiger partial charge in [-0.05, 0) is 37.3 Å². The molecule has 28 heavy (non-hydrogen) atoms. The number of amides is 1. The maximum Gasteiger partial charge on any atom is 0.279 e. The number of aromatic amines is 1. The molecule has 1 unspecified atom stereocenters. The van der Waals surface area contributed by atoms with Crippen molar-refractivity contribution in [2.75, 3.05) is 26.0 Å². The van der Waals surface area contributed by atoms with E-state index in [9.17, 15) is 9.59 Å². The highest BCUT2D eigenvalue weighted by Crippen LogP contribution is 2.27. The number of benzene rings is 2. The van der Waals surface area contributed by atoms with E-state index in [4.69, 9.17) is 16.3 Å². The zero-order valence-corrected chi connectivity index (χ0v) is 16.6. The van der Waals surface area contributed by atoms with E-state index in [1.54, 1.807) is 36.4 Å². The summed E-state index contributed by atoms with van der Waals surface area (Å²) in [5, 5.41) is 3.87. The quantitative estimate of drug-likeness (QED) is 0.587. The molecule has 2 atom stereocenters. The molecule has 3 N–H and O–H groups in total. The van der Waals surface area contributed by atoms with Crippen LogP contribution in [0.4, 0.5) is 5.69 Å². The van der Waals surface area contributed by atoms with Crippen LogP contribution in [-0.2, 0) is 4.79 Å². The topological polar surface area (TPSA) is 88.5 Å². The molecule has 0 aliphatic carbocycles. The molecule has 0 spiro atoms. The Kier molecular flexibility index (Phi) is 5.96. The van der Waals surface area contributed by atoms with E-state index < -0.39 is 0 Å². The molecule has 7 nitrogen and oxygen atoms in total. The first kappa shape index (κ1) is 19.9. The molecule has 1 heterocycles. The predicted molar refractivity (Wildman–Crippen MR) is 109 cm³/mol. The van der Waals surface area contributed by atoms with Gasteiger partial charge in [-0.15, -0.1) is 0 Å². The van der Waals surface area contributed by atoms with Crippen molar-refractivity contribution in [1.82, 2.24) is 9.97 Å². The minimum Gasteiger partial charge on any atom is -0.495 e. The van der Waals surface area contributed by atoms with Gasteiger partial charge in [0, 0.05) is 5.02 Å². The number of methoxy groups -OCH3 is 1. The summed E-state index contributed by atoms with van der Waals surface area (Å²) in [6, 6.07) is 12.0. The largest absolute Gasteiger partial charge is 0.495 e. The van der Waals surface area contributed by atoms with Crippen LogP contribution in [0, 0.1) is 0 Å². The molecule has 8 heteroatoms. The Hall–Kier alpha value is -2.90. The van der Waals surface area contributed by atoms with Crippen LogP contribution >= 0.6 is 11.6 Å². The number of aromatic nitrogens is 2. The maximum atomic E-state index is 12.5. The molecule has 146 valence electrons. The van der Waals surface area contributed by atoms with Crippen molar-refractivity contribution in [2.45, 2.75) is 13.0 Å². The second-order valence-corrected chi connectivity index (χ2v) is 7.04. The van der Waals surface area contributed by atoms with Crippen LogP contribution in [0.3, 0.4) is 0 Å². The Morgan fingerprint density at radius 1 is 1.32 bits per heavy atom. The van der Waals surface area contributed by atoms with E-state index in [1.165, 1.54) is 7.11 Å². The number of nitrogens with one attached hydrogen (secondary N) is 3. The molecule has 3 aromatic rings. The Bertz CT molecular complexity index is 1070. The van der Waals surface area contributed by atoms with Gasteiger partial charge < -0.3 is 19.9 Å². The van der Waals surface area contributed by atoms with Gasteiger partial charge in [0.05, 0.1) is 30.7 Å². The van der Waals surface area contributed by atoms with Crippen molar-refractivity contribution in [2.24, 2.45) is 0 Å². The molecule has 1 amide bonds. The van der Waals surface area contributed by atoms with Crippen LogP contribution in [-0.4, -0.2) is 36.6 Å². The predicted octanol–water partition coefficient (Wildman–Crippen LogP) is 1.80. The van der Waals surface area contributed by atoms with Crippen LogP contribution in [0.25, 0.3) is 10.9 Å². The SMILES string of the molecule is COc1ccc(Cl)cc1NC(=O)C[NH+](C)[C@@H](C)c1nc2ccccc2c(=O)[nH]1. The third-order valence-electron chi connectivity index (χ3n) is 4.66. The number of carbonyl (C=O) groups excluding carboxylic acids is 1. The van der Waals surface area contributed by atoms with Crippen LogP contribution in [0.5, 0.6) is 5.75 Å². The van der Waals surface area contributed by atoms with Gasteiger partial charge in [0.15, 0.2) is 12.4 Å². The maximum absolute atomic E-state index is 12.5. The summed E-state index contributed by atoms with van der Waals surface area (Å²) >= 11 is 6.00. The second-order valence-electron chi connectivity index (χ2n) is 6.61. The van der Waals surface area contributed by atoms with E-state index in [1.807, 2.05) is 20.0 Å². The molecule has 0 bridgehead atoms. The number of hydrogen-bond donors (Lipinski definition) is 3. The zero-order valence-electron chi connectivity index (χ0n) is 15.9. The molecule has 1 aromatic heterocycles. The Labute approximate surface area is 167 Å². The number of ether oxygens (including phenoxy) is 1. The standard InChI is InChI=1S/C20H21ClN4O3/c1-12(19-23-15-7-5-4-6-14(15)20(27)24-19)25(2)11-18(26)22-16-10-13(21)8-9-17(16)28-3/h4-10,12H,11H2,1-3H3,(H,22,26)(H,23,24,27)/p+1/t12-/m0/s1.